The van der Waals surface area contributed by atoms with Crippen molar-refractivity contribution in [2.45, 2.75) is 13.0 Å². The third-order valence-corrected chi connectivity index (χ3v) is 2.34. The summed E-state index contributed by atoms with van der Waals surface area (Å²) in [4.78, 5) is 0. The fourth-order valence-corrected chi connectivity index (χ4v) is 1.48. The number of para-hydroxylation sites is 1. The largest absolute Gasteiger partial charge is 0.496 e. The summed E-state index contributed by atoms with van der Waals surface area (Å²) in [5, 5.41) is 3.87. The topological polar surface area (TPSA) is 21.3 Å². The molecule has 82 valence electrons. The van der Waals surface area contributed by atoms with E-state index < -0.39 is 0 Å². The summed E-state index contributed by atoms with van der Waals surface area (Å²) in [7, 11) is 1.67. The molecule has 0 saturated heterocycles. The molecule has 1 aromatic rings. The van der Waals surface area contributed by atoms with Crippen LogP contribution in [0, 0.1) is 0 Å². The number of nitrogens with one attached hydrogen (secondary N) is 1. The maximum atomic E-state index is 5.69. The van der Waals surface area contributed by atoms with Crippen molar-refractivity contribution in [1.82, 2.24) is 5.32 Å². The Morgan fingerprint density at radius 3 is 2.80 bits per heavy atom. The van der Waals surface area contributed by atoms with E-state index in [1.54, 1.807) is 7.11 Å². The van der Waals surface area contributed by atoms with Gasteiger partial charge in [-0.3, -0.25) is 0 Å². The van der Waals surface area contributed by atoms with Gasteiger partial charge in [0, 0.05) is 23.2 Å². The van der Waals surface area contributed by atoms with Gasteiger partial charge >= 0.3 is 0 Å². The van der Waals surface area contributed by atoms with E-state index in [4.69, 9.17) is 16.3 Å². The summed E-state index contributed by atoms with van der Waals surface area (Å²) in [6, 6.07) is 8.12. The molecule has 0 heterocycles. The molecule has 0 aromatic heterocycles. The Bertz CT molecular complexity index is 338. The van der Waals surface area contributed by atoms with Gasteiger partial charge in [0.05, 0.1) is 7.11 Å². The minimum Gasteiger partial charge on any atom is -0.496 e. The molecule has 0 fully saturated rings. The molecule has 0 saturated carbocycles. The number of hydrogen-bond acceptors (Lipinski definition) is 2. The number of hydrogen-bond donors (Lipinski definition) is 1. The van der Waals surface area contributed by atoms with Gasteiger partial charge < -0.3 is 10.1 Å². The highest BCUT2D eigenvalue weighted by Crippen LogP contribution is 2.24. The van der Waals surface area contributed by atoms with Crippen LogP contribution in [0.15, 0.2) is 35.9 Å². The highest BCUT2D eigenvalue weighted by Gasteiger charge is 2.09. The molecule has 1 rings (SSSR count). The normalized spacial score (nSPS) is 12.2. The van der Waals surface area contributed by atoms with Gasteiger partial charge in [-0.05, 0) is 13.0 Å². The van der Waals surface area contributed by atoms with Crippen LogP contribution in [-0.4, -0.2) is 13.7 Å². The average molecular weight is 226 g/mol. The van der Waals surface area contributed by atoms with Crippen LogP contribution in [0.4, 0.5) is 0 Å². The lowest BCUT2D eigenvalue weighted by Gasteiger charge is -2.16. The molecule has 0 spiro atoms. The molecule has 0 aliphatic rings. The first-order valence-electron chi connectivity index (χ1n) is 4.84. The number of halogens is 1. The first kappa shape index (κ1) is 12.1. The van der Waals surface area contributed by atoms with Crippen LogP contribution < -0.4 is 10.1 Å². The summed E-state index contributed by atoms with van der Waals surface area (Å²) >= 11 is 5.69. The van der Waals surface area contributed by atoms with E-state index in [1.165, 1.54) is 0 Å². The lowest BCUT2D eigenvalue weighted by atomic mass is 10.1. The number of methoxy groups -OCH3 is 1. The quantitative estimate of drug-likeness (QED) is 0.832. The number of ether oxygens (including phenoxy) is 1. The van der Waals surface area contributed by atoms with Gasteiger partial charge in [-0.2, -0.15) is 0 Å². The minimum atomic E-state index is 0.191. The molecule has 0 radical (unpaired) electrons. The molecule has 0 amide bonds. The number of rotatable bonds is 5. The van der Waals surface area contributed by atoms with Gasteiger partial charge in [0.25, 0.3) is 0 Å². The average Bonchev–Trinajstić information content (AvgIpc) is 2.25. The zero-order valence-corrected chi connectivity index (χ0v) is 9.84. The maximum Gasteiger partial charge on any atom is 0.123 e. The van der Waals surface area contributed by atoms with Gasteiger partial charge in [0.2, 0.25) is 0 Å². The van der Waals surface area contributed by atoms with Crippen molar-refractivity contribution in [2.75, 3.05) is 13.7 Å². The van der Waals surface area contributed by atoms with E-state index in [1.807, 2.05) is 24.3 Å². The molecule has 0 bridgehead atoms. The first-order valence-corrected chi connectivity index (χ1v) is 5.22. The van der Waals surface area contributed by atoms with Gasteiger partial charge in [-0.15, -0.1) is 0 Å². The third-order valence-electron chi connectivity index (χ3n) is 2.21. The molecule has 15 heavy (non-hydrogen) atoms. The van der Waals surface area contributed by atoms with Crippen LogP contribution in [-0.2, 0) is 0 Å². The maximum absolute atomic E-state index is 5.69. The summed E-state index contributed by atoms with van der Waals surface area (Å²) in [6.07, 6.45) is 0. The summed E-state index contributed by atoms with van der Waals surface area (Å²) in [5.74, 6) is 0.887. The van der Waals surface area contributed by atoms with Crippen LogP contribution in [0.5, 0.6) is 5.75 Å². The third kappa shape index (κ3) is 3.57. The summed E-state index contributed by atoms with van der Waals surface area (Å²) < 4.78 is 5.28. The van der Waals surface area contributed by atoms with Crippen molar-refractivity contribution in [2.24, 2.45) is 0 Å². The van der Waals surface area contributed by atoms with Crippen molar-refractivity contribution < 1.29 is 4.74 Å². The molecule has 0 aliphatic heterocycles. The van der Waals surface area contributed by atoms with E-state index in [9.17, 15) is 0 Å². The van der Waals surface area contributed by atoms with Crippen molar-refractivity contribution in [1.29, 1.82) is 0 Å². The van der Waals surface area contributed by atoms with Gasteiger partial charge in [0.15, 0.2) is 0 Å². The SMILES string of the molecule is C=C(Cl)CN[C@@H](C)c1ccccc1OC. The van der Waals surface area contributed by atoms with E-state index in [2.05, 4.69) is 18.8 Å². The Morgan fingerprint density at radius 1 is 1.53 bits per heavy atom. The molecule has 1 aromatic carbocycles. The van der Waals surface area contributed by atoms with E-state index >= 15 is 0 Å². The van der Waals surface area contributed by atoms with Crippen LogP contribution in [0.3, 0.4) is 0 Å². The second-order valence-corrected chi connectivity index (χ2v) is 3.90. The van der Waals surface area contributed by atoms with Crippen LogP contribution in [0.2, 0.25) is 0 Å². The minimum absolute atomic E-state index is 0.191. The van der Waals surface area contributed by atoms with Gasteiger partial charge in [0.1, 0.15) is 5.75 Å². The second-order valence-electron chi connectivity index (χ2n) is 3.36. The lowest BCUT2D eigenvalue weighted by Crippen LogP contribution is -2.20. The predicted molar refractivity (Wildman–Crippen MR) is 64.4 cm³/mol. The van der Waals surface area contributed by atoms with Crippen LogP contribution >= 0.6 is 11.6 Å². The smallest absolute Gasteiger partial charge is 0.123 e. The van der Waals surface area contributed by atoms with Gasteiger partial charge in [-0.1, -0.05) is 36.4 Å². The molecule has 2 nitrogen and oxygen atoms in total. The molecule has 0 aliphatic carbocycles. The standard InChI is InChI=1S/C12H16ClNO/c1-9(13)8-14-10(2)11-6-4-5-7-12(11)15-3/h4-7,10,14H,1,8H2,2-3H3/t10-/m0/s1. The van der Waals surface area contributed by atoms with E-state index in [0.29, 0.717) is 11.6 Å². The highest BCUT2D eigenvalue weighted by atomic mass is 35.5. The zero-order valence-electron chi connectivity index (χ0n) is 9.09. The molecule has 1 atom stereocenters. The second kappa shape index (κ2) is 5.79. The molecular weight excluding hydrogens is 210 g/mol. The highest BCUT2D eigenvalue weighted by molar-refractivity contribution is 6.29. The molecule has 0 unspecified atom stereocenters. The summed E-state index contributed by atoms with van der Waals surface area (Å²) in [5.41, 5.74) is 1.12. The van der Waals surface area contributed by atoms with Crippen LogP contribution in [0.25, 0.3) is 0 Å². The first-order chi connectivity index (χ1) is 7.15. The van der Waals surface area contributed by atoms with Crippen molar-refractivity contribution in [3.8, 4) is 5.75 Å². The van der Waals surface area contributed by atoms with Crippen LogP contribution in [0.1, 0.15) is 18.5 Å². The Labute approximate surface area is 95.9 Å². The van der Waals surface area contributed by atoms with E-state index in [-0.39, 0.29) is 6.04 Å². The van der Waals surface area contributed by atoms with E-state index in [0.717, 1.165) is 11.3 Å². The van der Waals surface area contributed by atoms with Crippen molar-refractivity contribution >= 4 is 11.6 Å². The van der Waals surface area contributed by atoms with Crippen molar-refractivity contribution in [3.05, 3.63) is 41.4 Å². The molecule has 1 N–H and O–H groups in total. The molecular formula is C12H16ClNO. The zero-order chi connectivity index (χ0) is 11.3. The van der Waals surface area contributed by atoms with Gasteiger partial charge in [-0.25, -0.2) is 0 Å². The predicted octanol–water partition coefficient (Wildman–Crippen LogP) is 3.10. The summed E-state index contributed by atoms with van der Waals surface area (Å²) in [6.45, 7) is 6.30. The Morgan fingerprint density at radius 2 is 2.20 bits per heavy atom. The Balaban J connectivity index is 2.72. The number of benzene rings is 1. The van der Waals surface area contributed by atoms with Crippen molar-refractivity contribution in [3.63, 3.8) is 0 Å². The monoisotopic (exact) mass is 225 g/mol. The lowest BCUT2D eigenvalue weighted by molar-refractivity contribution is 0.403. The fraction of sp³-hybridized carbons (Fsp3) is 0.333. The fourth-order valence-electron chi connectivity index (χ4n) is 1.40. The Hall–Kier alpha value is -0.990. The molecule has 3 heteroatoms. The Kier molecular flexibility index (Phi) is 4.66.